The molecule has 0 spiro atoms. The predicted molar refractivity (Wildman–Crippen MR) is 225 cm³/mol. The number of hydrogen-bond acceptors (Lipinski definition) is 11. The minimum Gasteiger partial charge on any atom is -0.483 e. The van der Waals surface area contributed by atoms with Crippen molar-refractivity contribution in [3.05, 3.63) is 112 Å². The Morgan fingerprint density at radius 3 is 2.33 bits per heavy atom. The summed E-state index contributed by atoms with van der Waals surface area (Å²) in [6, 6.07) is 22.3. The summed E-state index contributed by atoms with van der Waals surface area (Å²) in [7, 11) is 0. The molecule has 4 heterocycles. The summed E-state index contributed by atoms with van der Waals surface area (Å²) < 4.78 is 5.77. The fourth-order valence-electron chi connectivity index (χ4n) is 7.49. The number of carbonyl (C=O) groups excluding carboxylic acids is 8. The van der Waals surface area contributed by atoms with Crippen molar-refractivity contribution in [2.75, 3.05) is 62.0 Å². The fourth-order valence-corrected chi connectivity index (χ4v) is 8.43. The third kappa shape index (κ3) is 9.80. The first kappa shape index (κ1) is 42.7. The molecule has 0 aliphatic carbocycles. The third-order valence-electron chi connectivity index (χ3n) is 10.6. The van der Waals surface area contributed by atoms with E-state index in [-0.39, 0.29) is 59.9 Å². The lowest BCUT2D eigenvalue weighted by atomic mass is 10.0. The Labute approximate surface area is 359 Å². The number of ether oxygens (including phenoxy) is 1. The molecule has 2 fully saturated rings. The molecule has 0 bridgehead atoms. The Morgan fingerprint density at radius 2 is 1.64 bits per heavy atom. The maximum atomic E-state index is 13.7. The zero-order valence-corrected chi connectivity index (χ0v) is 34.4. The molecular weight excluding hydrogens is 826 g/mol. The molecule has 2 unspecified atom stereocenters. The van der Waals surface area contributed by atoms with Crippen LogP contribution in [-0.4, -0.2) is 120 Å². The number of alkyl halides is 1. The van der Waals surface area contributed by atoms with Gasteiger partial charge in [-0.3, -0.25) is 58.4 Å². The first-order valence-corrected chi connectivity index (χ1v) is 21.0. The molecule has 3 aromatic carbocycles. The van der Waals surface area contributed by atoms with Gasteiger partial charge >= 0.3 is 0 Å². The monoisotopic (exact) mass is 867 g/mol. The van der Waals surface area contributed by atoms with Gasteiger partial charge in [-0.15, -0.1) is 22.9 Å². The minimum atomic E-state index is -1.13. The highest BCUT2D eigenvalue weighted by molar-refractivity contribution is 7.10. The molecule has 8 amide bonds. The first-order valence-electron chi connectivity index (χ1n) is 19.6. The number of fused-ring (bicyclic) bond motifs is 1. The maximum absolute atomic E-state index is 13.7. The molecule has 0 radical (unpaired) electrons. The van der Waals surface area contributed by atoms with E-state index >= 15 is 0 Å². The largest absolute Gasteiger partial charge is 0.483 e. The molecule has 7 rings (SSSR count). The SMILES string of the molecule is O=C1CCC(N2C(=O)c3cccc(OCC(=O)N4CCN(CC(=O)Nc5ccc(N(C(=O)CCl)C(C(=O)NCCc6ccccc6)c6cccs6)cc5)CC4)c3C2=O)C(=O)N1. The van der Waals surface area contributed by atoms with Crippen LogP contribution < -0.4 is 25.6 Å². The quantitative estimate of drug-likeness (QED) is 0.118. The van der Waals surface area contributed by atoms with Crippen molar-refractivity contribution < 1.29 is 43.1 Å². The van der Waals surface area contributed by atoms with E-state index in [0.717, 1.165) is 10.5 Å². The zero-order chi connectivity index (χ0) is 43.0. The Hall–Kier alpha value is -6.43. The number of thiophene rings is 1. The van der Waals surface area contributed by atoms with Gasteiger partial charge in [-0.25, -0.2) is 0 Å². The second-order valence-electron chi connectivity index (χ2n) is 14.5. The average molecular weight is 868 g/mol. The standard InChI is InChI=1S/C43H42ClN7O9S/c44-24-36(54)50(39(33-10-5-23-61-33)41(57)45-18-17-27-6-2-1-3-7-27)29-13-11-28(12-14-29)46-35(53)25-48-19-21-49(22-20-48)37(55)26-60-32-9-4-8-30-38(32)43(59)51(42(30)58)31-15-16-34(52)47-40(31)56/h1-14,23,31,39H,15-22,24-26H2,(H,45,57)(H,46,53)(H,47,52,56). The van der Waals surface area contributed by atoms with Crippen LogP contribution in [0, 0.1) is 0 Å². The van der Waals surface area contributed by atoms with Gasteiger partial charge in [-0.05, 0) is 66.2 Å². The number of imide groups is 2. The molecule has 3 N–H and O–H groups in total. The van der Waals surface area contributed by atoms with E-state index in [1.807, 2.05) is 46.7 Å². The van der Waals surface area contributed by atoms with Gasteiger partial charge in [-0.2, -0.15) is 0 Å². The second kappa shape index (κ2) is 19.3. The molecule has 3 aliphatic rings. The van der Waals surface area contributed by atoms with Crippen LogP contribution >= 0.6 is 22.9 Å². The molecule has 2 saturated heterocycles. The Morgan fingerprint density at radius 1 is 0.885 bits per heavy atom. The Balaban J connectivity index is 0.901. The number of hydrogen-bond donors (Lipinski definition) is 3. The van der Waals surface area contributed by atoms with Gasteiger partial charge in [-0.1, -0.05) is 42.5 Å². The van der Waals surface area contributed by atoms with Crippen molar-refractivity contribution in [3.63, 3.8) is 0 Å². The van der Waals surface area contributed by atoms with Crippen molar-refractivity contribution in [1.29, 1.82) is 0 Å². The zero-order valence-electron chi connectivity index (χ0n) is 32.8. The number of piperazine rings is 1. The van der Waals surface area contributed by atoms with E-state index in [1.54, 1.807) is 35.2 Å². The van der Waals surface area contributed by atoms with Crippen molar-refractivity contribution in [3.8, 4) is 5.75 Å². The predicted octanol–water partition coefficient (Wildman–Crippen LogP) is 2.98. The van der Waals surface area contributed by atoms with Crippen molar-refractivity contribution >= 4 is 81.6 Å². The summed E-state index contributed by atoms with van der Waals surface area (Å²) in [5.74, 6) is -4.39. The highest BCUT2D eigenvalue weighted by Crippen LogP contribution is 2.34. The van der Waals surface area contributed by atoms with Crippen LogP contribution in [0.3, 0.4) is 0 Å². The first-order chi connectivity index (χ1) is 29.5. The van der Waals surface area contributed by atoms with Crippen molar-refractivity contribution in [2.24, 2.45) is 0 Å². The lowest BCUT2D eigenvalue weighted by Crippen LogP contribution is -2.54. The number of amides is 8. The lowest BCUT2D eigenvalue weighted by molar-refractivity contribution is -0.137. The summed E-state index contributed by atoms with van der Waals surface area (Å²) in [6.45, 7) is 1.45. The van der Waals surface area contributed by atoms with Gasteiger partial charge in [0.15, 0.2) is 6.61 Å². The van der Waals surface area contributed by atoms with Crippen LogP contribution in [0.2, 0.25) is 0 Å². The van der Waals surface area contributed by atoms with Gasteiger partial charge in [0.2, 0.25) is 29.5 Å². The molecular formula is C43H42ClN7O9S. The van der Waals surface area contributed by atoms with E-state index in [2.05, 4.69) is 16.0 Å². The molecule has 3 aliphatic heterocycles. The number of nitrogens with one attached hydrogen (secondary N) is 3. The van der Waals surface area contributed by atoms with Crippen LogP contribution in [0.1, 0.15) is 50.0 Å². The molecule has 61 heavy (non-hydrogen) atoms. The van der Waals surface area contributed by atoms with Gasteiger partial charge in [0.1, 0.15) is 23.7 Å². The average Bonchev–Trinajstić information content (AvgIpc) is 3.89. The Kier molecular flexibility index (Phi) is 13.5. The molecule has 4 aromatic rings. The van der Waals surface area contributed by atoms with Crippen molar-refractivity contribution in [2.45, 2.75) is 31.3 Å². The van der Waals surface area contributed by atoms with Gasteiger partial charge in [0.05, 0.1) is 17.7 Å². The van der Waals surface area contributed by atoms with E-state index in [4.69, 9.17) is 16.3 Å². The Bertz CT molecular complexity index is 2320. The van der Waals surface area contributed by atoms with E-state index < -0.39 is 48.2 Å². The molecule has 316 valence electrons. The maximum Gasteiger partial charge on any atom is 0.266 e. The number of carbonyl (C=O) groups is 8. The number of rotatable bonds is 15. The van der Waals surface area contributed by atoms with E-state index in [0.29, 0.717) is 55.4 Å². The minimum absolute atomic E-state index is 0.0104. The number of benzene rings is 3. The molecule has 2 atom stereocenters. The van der Waals surface area contributed by atoms with E-state index in [1.165, 1.54) is 34.4 Å². The molecule has 16 nitrogen and oxygen atoms in total. The van der Waals surface area contributed by atoms with Crippen molar-refractivity contribution in [1.82, 2.24) is 25.3 Å². The number of nitrogens with zero attached hydrogens (tertiary/aromatic N) is 4. The smallest absolute Gasteiger partial charge is 0.266 e. The van der Waals surface area contributed by atoms with Gasteiger partial charge in [0.25, 0.3) is 17.7 Å². The van der Waals surface area contributed by atoms with Gasteiger partial charge < -0.3 is 20.3 Å². The summed E-state index contributed by atoms with van der Waals surface area (Å²) in [5, 5.41) is 9.84. The van der Waals surface area contributed by atoms with E-state index in [9.17, 15) is 38.4 Å². The number of anilines is 2. The number of piperidine rings is 1. The highest BCUT2D eigenvalue weighted by atomic mass is 35.5. The molecule has 0 saturated carbocycles. The number of halogens is 1. The van der Waals surface area contributed by atoms with Crippen LogP contribution in [0.25, 0.3) is 0 Å². The highest BCUT2D eigenvalue weighted by Gasteiger charge is 2.46. The normalized spacial score (nSPS) is 17.0. The summed E-state index contributed by atoms with van der Waals surface area (Å²) >= 11 is 7.41. The van der Waals surface area contributed by atoms with Crippen LogP contribution in [0.4, 0.5) is 11.4 Å². The van der Waals surface area contributed by atoms with Crippen LogP contribution in [0.15, 0.2) is 90.3 Å². The van der Waals surface area contributed by atoms with Crippen LogP contribution in [-0.2, 0) is 35.2 Å². The summed E-state index contributed by atoms with van der Waals surface area (Å²) in [6.07, 6.45) is 0.620. The molecule has 18 heteroatoms. The lowest BCUT2D eigenvalue weighted by Gasteiger charge is -2.34. The van der Waals surface area contributed by atoms with Gasteiger partial charge in [0, 0.05) is 55.4 Å². The second-order valence-corrected chi connectivity index (χ2v) is 15.8. The fraction of sp³-hybridized carbons (Fsp3) is 0.302. The third-order valence-corrected chi connectivity index (χ3v) is 11.7. The summed E-state index contributed by atoms with van der Waals surface area (Å²) in [4.78, 5) is 110. The topological polar surface area (TPSA) is 195 Å². The van der Waals surface area contributed by atoms with Crippen LogP contribution in [0.5, 0.6) is 5.75 Å². The summed E-state index contributed by atoms with van der Waals surface area (Å²) in [5.41, 5.74) is 1.97. The molecule has 1 aromatic heterocycles.